The van der Waals surface area contributed by atoms with Gasteiger partial charge in [0, 0.05) is 45.2 Å². The van der Waals surface area contributed by atoms with Gasteiger partial charge in [0.25, 0.3) is 5.91 Å². The molecule has 0 saturated carbocycles. The van der Waals surface area contributed by atoms with Crippen molar-refractivity contribution >= 4 is 17.5 Å². The summed E-state index contributed by atoms with van der Waals surface area (Å²) >= 11 is 0. The van der Waals surface area contributed by atoms with E-state index in [-0.39, 0.29) is 18.0 Å². The fourth-order valence-electron chi connectivity index (χ4n) is 3.56. The van der Waals surface area contributed by atoms with Crippen LogP contribution in [0.1, 0.15) is 30.1 Å². The van der Waals surface area contributed by atoms with E-state index in [1.165, 1.54) is 0 Å². The highest BCUT2D eigenvalue weighted by Gasteiger charge is 2.22. The summed E-state index contributed by atoms with van der Waals surface area (Å²) in [5.74, 6) is -1.39. The van der Waals surface area contributed by atoms with Crippen molar-refractivity contribution in [3.8, 4) is 5.75 Å². The van der Waals surface area contributed by atoms with Gasteiger partial charge in [-0.3, -0.25) is 9.59 Å². The number of amides is 2. The van der Waals surface area contributed by atoms with Crippen LogP contribution in [-0.4, -0.2) is 56.0 Å². The van der Waals surface area contributed by atoms with Crippen LogP contribution in [0.25, 0.3) is 0 Å². The molecule has 1 saturated heterocycles. The number of nitrogens with zero attached hydrogens (tertiary/aromatic N) is 2. The summed E-state index contributed by atoms with van der Waals surface area (Å²) < 4.78 is 32.3. The number of rotatable bonds is 8. The minimum atomic E-state index is -0.905. The van der Waals surface area contributed by atoms with Gasteiger partial charge >= 0.3 is 0 Å². The number of carbonyl (C=O) groups excluding carboxylic acids is 2. The predicted octanol–water partition coefficient (Wildman–Crippen LogP) is 3.22. The minimum Gasteiger partial charge on any atom is -0.492 e. The van der Waals surface area contributed by atoms with E-state index in [1.807, 2.05) is 36.1 Å². The first-order valence-electron chi connectivity index (χ1n) is 10.5. The van der Waals surface area contributed by atoms with Crippen LogP contribution in [0, 0.1) is 11.6 Å². The number of piperazine rings is 1. The molecule has 1 aliphatic heterocycles. The highest BCUT2D eigenvalue weighted by atomic mass is 19.1. The summed E-state index contributed by atoms with van der Waals surface area (Å²) in [5.41, 5.74) is 0.823. The van der Waals surface area contributed by atoms with Crippen LogP contribution >= 0.6 is 0 Å². The third-order valence-corrected chi connectivity index (χ3v) is 5.17. The van der Waals surface area contributed by atoms with Gasteiger partial charge in [-0.05, 0) is 37.6 Å². The summed E-state index contributed by atoms with van der Waals surface area (Å²) in [6, 6.07) is 10.7. The molecule has 0 aromatic heterocycles. The summed E-state index contributed by atoms with van der Waals surface area (Å²) in [4.78, 5) is 28.5. The van der Waals surface area contributed by atoms with Gasteiger partial charge in [-0.15, -0.1) is 0 Å². The standard InChI is InChI=1S/C23H27F2N3O3/c1-2-31-21-7-4-3-6-20(21)27-12-14-28(15-13-27)22(29)8-5-11-26-23(30)18-10-9-17(24)16-19(18)25/h3-4,6-7,9-10,16H,2,5,8,11-15H2,1H3,(H,26,30). The quantitative estimate of drug-likeness (QED) is 0.652. The van der Waals surface area contributed by atoms with E-state index in [9.17, 15) is 18.4 Å². The monoisotopic (exact) mass is 431 g/mol. The van der Waals surface area contributed by atoms with Gasteiger partial charge < -0.3 is 19.9 Å². The Labute approximate surface area is 180 Å². The zero-order valence-corrected chi connectivity index (χ0v) is 17.6. The number of halogens is 2. The molecular formula is C23H27F2N3O3. The number of hydrogen-bond donors (Lipinski definition) is 1. The molecule has 8 heteroatoms. The number of anilines is 1. The maximum atomic E-state index is 13.6. The van der Waals surface area contributed by atoms with E-state index in [0.29, 0.717) is 38.6 Å². The average Bonchev–Trinajstić information content (AvgIpc) is 2.77. The van der Waals surface area contributed by atoms with Crippen molar-refractivity contribution in [1.82, 2.24) is 10.2 Å². The molecule has 6 nitrogen and oxygen atoms in total. The van der Waals surface area contributed by atoms with Gasteiger partial charge in [0.05, 0.1) is 17.9 Å². The molecule has 31 heavy (non-hydrogen) atoms. The van der Waals surface area contributed by atoms with Gasteiger partial charge in [0.15, 0.2) is 0 Å². The first-order valence-corrected chi connectivity index (χ1v) is 10.5. The predicted molar refractivity (Wildman–Crippen MR) is 114 cm³/mol. The molecule has 2 amide bonds. The molecule has 0 aliphatic carbocycles. The number of hydrogen-bond acceptors (Lipinski definition) is 4. The first-order chi connectivity index (χ1) is 15.0. The van der Waals surface area contributed by atoms with Crippen LogP contribution in [0.5, 0.6) is 5.75 Å². The Morgan fingerprint density at radius 2 is 1.81 bits per heavy atom. The normalized spacial score (nSPS) is 13.8. The molecule has 0 radical (unpaired) electrons. The molecular weight excluding hydrogens is 404 g/mol. The second-order valence-corrected chi connectivity index (χ2v) is 7.25. The highest BCUT2D eigenvalue weighted by molar-refractivity contribution is 5.94. The summed E-state index contributed by atoms with van der Waals surface area (Å²) in [7, 11) is 0. The van der Waals surface area contributed by atoms with Crippen LogP contribution in [0.2, 0.25) is 0 Å². The third-order valence-electron chi connectivity index (χ3n) is 5.17. The van der Waals surface area contributed by atoms with Gasteiger partial charge in [0.2, 0.25) is 5.91 Å². The highest BCUT2D eigenvalue weighted by Crippen LogP contribution is 2.28. The van der Waals surface area contributed by atoms with E-state index >= 15 is 0 Å². The van der Waals surface area contributed by atoms with Crippen molar-refractivity contribution in [2.75, 3.05) is 44.2 Å². The van der Waals surface area contributed by atoms with E-state index in [2.05, 4.69) is 10.2 Å². The molecule has 3 rings (SSSR count). The topological polar surface area (TPSA) is 61.9 Å². The van der Waals surface area contributed by atoms with Crippen LogP contribution < -0.4 is 15.0 Å². The van der Waals surface area contributed by atoms with Gasteiger partial charge in [-0.2, -0.15) is 0 Å². The van der Waals surface area contributed by atoms with Gasteiger partial charge in [-0.1, -0.05) is 12.1 Å². The third kappa shape index (κ3) is 5.93. The summed E-state index contributed by atoms with van der Waals surface area (Å²) in [6.07, 6.45) is 0.739. The Morgan fingerprint density at radius 1 is 1.06 bits per heavy atom. The zero-order chi connectivity index (χ0) is 22.2. The number of benzene rings is 2. The lowest BCUT2D eigenvalue weighted by Crippen LogP contribution is -2.49. The van der Waals surface area contributed by atoms with E-state index < -0.39 is 17.5 Å². The molecule has 166 valence electrons. The minimum absolute atomic E-state index is 0.0277. The van der Waals surface area contributed by atoms with Crippen molar-refractivity contribution in [2.45, 2.75) is 19.8 Å². The van der Waals surface area contributed by atoms with E-state index in [0.717, 1.165) is 36.7 Å². The van der Waals surface area contributed by atoms with E-state index in [4.69, 9.17) is 4.74 Å². The maximum Gasteiger partial charge on any atom is 0.254 e. The zero-order valence-electron chi connectivity index (χ0n) is 17.6. The van der Waals surface area contributed by atoms with Crippen molar-refractivity contribution in [2.24, 2.45) is 0 Å². The van der Waals surface area contributed by atoms with Crippen LogP contribution in [0.3, 0.4) is 0 Å². The van der Waals surface area contributed by atoms with Crippen LogP contribution in [-0.2, 0) is 4.79 Å². The van der Waals surface area contributed by atoms with Gasteiger partial charge in [-0.25, -0.2) is 8.78 Å². The Morgan fingerprint density at radius 3 is 2.52 bits per heavy atom. The van der Waals surface area contributed by atoms with Crippen LogP contribution in [0.4, 0.5) is 14.5 Å². The SMILES string of the molecule is CCOc1ccccc1N1CCN(C(=O)CCCNC(=O)c2ccc(F)cc2F)CC1. The number of nitrogens with one attached hydrogen (secondary N) is 1. The second kappa shape index (κ2) is 10.7. The van der Waals surface area contributed by atoms with Gasteiger partial charge in [0.1, 0.15) is 17.4 Å². The van der Waals surface area contributed by atoms with Crippen molar-refractivity contribution < 1.29 is 23.1 Å². The summed E-state index contributed by atoms with van der Waals surface area (Å²) in [5, 5.41) is 2.57. The lowest BCUT2D eigenvalue weighted by molar-refractivity contribution is -0.131. The Balaban J connectivity index is 1.41. The number of para-hydroxylation sites is 2. The Kier molecular flexibility index (Phi) is 7.81. The Hall–Kier alpha value is -3.16. The van der Waals surface area contributed by atoms with Crippen molar-refractivity contribution in [3.63, 3.8) is 0 Å². The number of carbonyl (C=O) groups is 2. The fraction of sp³-hybridized carbons (Fsp3) is 0.391. The van der Waals surface area contributed by atoms with Crippen LogP contribution in [0.15, 0.2) is 42.5 Å². The molecule has 0 atom stereocenters. The molecule has 0 unspecified atom stereocenters. The smallest absolute Gasteiger partial charge is 0.254 e. The molecule has 2 aromatic carbocycles. The molecule has 0 spiro atoms. The van der Waals surface area contributed by atoms with E-state index in [1.54, 1.807) is 0 Å². The lowest BCUT2D eigenvalue weighted by atomic mass is 10.2. The molecule has 1 N–H and O–H groups in total. The fourth-order valence-corrected chi connectivity index (χ4v) is 3.56. The van der Waals surface area contributed by atoms with Crippen molar-refractivity contribution in [3.05, 3.63) is 59.7 Å². The molecule has 2 aromatic rings. The van der Waals surface area contributed by atoms with Crippen molar-refractivity contribution in [1.29, 1.82) is 0 Å². The first kappa shape index (κ1) is 22.5. The second-order valence-electron chi connectivity index (χ2n) is 7.25. The Bertz CT molecular complexity index is 915. The number of ether oxygens (including phenoxy) is 1. The summed E-state index contributed by atoms with van der Waals surface area (Å²) in [6.45, 7) is 5.46. The maximum absolute atomic E-state index is 13.6. The largest absolute Gasteiger partial charge is 0.492 e. The molecule has 0 bridgehead atoms. The molecule has 1 heterocycles. The average molecular weight is 431 g/mol. The lowest BCUT2D eigenvalue weighted by Gasteiger charge is -2.36. The molecule has 1 fully saturated rings. The molecule has 1 aliphatic rings.